The predicted octanol–water partition coefficient (Wildman–Crippen LogP) is 0.371. The van der Waals surface area contributed by atoms with Gasteiger partial charge < -0.3 is 15.6 Å². The Bertz CT molecular complexity index is 312. The van der Waals surface area contributed by atoms with Crippen molar-refractivity contribution in [3.8, 4) is 5.75 Å². The molecule has 1 aromatic heterocycles. The van der Waals surface area contributed by atoms with Crippen LogP contribution in [0.5, 0.6) is 5.75 Å². The highest BCUT2D eigenvalue weighted by Crippen LogP contribution is 2.18. The van der Waals surface area contributed by atoms with E-state index in [4.69, 9.17) is 15.6 Å². The van der Waals surface area contributed by atoms with Gasteiger partial charge >= 0.3 is 5.97 Å². The van der Waals surface area contributed by atoms with E-state index in [1.807, 2.05) is 0 Å². The maximum atomic E-state index is 10.4. The number of hydrogen-bond acceptors (Lipinski definition) is 4. The average molecular weight is 168 g/mol. The van der Waals surface area contributed by atoms with Crippen molar-refractivity contribution >= 4 is 11.8 Å². The number of aromatic nitrogens is 1. The number of ether oxygens (including phenoxy) is 1. The van der Waals surface area contributed by atoms with Crippen LogP contribution in [0.15, 0.2) is 12.3 Å². The van der Waals surface area contributed by atoms with Crippen molar-refractivity contribution in [1.82, 2.24) is 4.98 Å². The summed E-state index contributed by atoms with van der Waals surface area (Å²) in [6, 6.07) is 1.32. The molecule has 1 heterocycles. The molecule has 5 heteroatoms. The van der Waals surface area contributed by atoms with E-state index in [1.165, 1.54) is 19.4 Å². The highest BCUT2D eigenvalue weighted by molar-refractivity contribution is 5.88. The summed E-state index contributed by atoms with van der Waals surface area (Å²) < 4.78 is 4.78. The summed E-state index contributed by atoms with van der Waals surface area (Å²) in [4.78, 5) is 14.1. The lowest BCUT2D eigenvalue weighted by Crippen LogP contribution is -2.01. The fourth-order valence-corrected chi connectivity index (χ4v) is 0.736. The summed E-state index contributed by atoms with van der Waals surface area (Å²) in [5.74, 6) is -0.599. The molecule has 0 spiro atoms. The smallest absolute Gasteiger partial charge is 0.337 e. The Morgan fingerprint density at radius 2 is 2.42 bits per heavy atom. The third-order valence-electron chi connectivity index (χ3n) is 1.35. The number of nitrogens with zero attached hydrogens (tertiary/aromatic N) is 1. The second-order valence-electron chi connectivity index (χ2n) is 2.12. The molecule has 1 rings (SSSR count). The lowest BCUT2D eigenvalue weighted by Gasteiger charge is -2.02. The first kappa shape index (κ1) is 8.32. The molecule has 0 atom stereocenters. The molecule has 0 unspecified atom stereocenters. The molecule has 64 valence electrons. The second-order valence-corrected chi connectivity index (χ2v) is 2.12. The molecule has 3 N–H and O–H groups in total. The Morgan fingerprint density at radius 1 is 1.75 bits per heavy atom. The van der Waals surface area contributed by atoms with Gasteiger partial charge in [-0.25, -0.2) is 9.78 Å². The van der Waals surface area contributed by atoms with Crippen molar-refractivity contribution in [2.45, 2.75) is 0 Å². The Morgan fingerprint density at radius 3 is 2.92 bits per heavy atom. The van der Waals surface area contributed by atoms with Gasteiger partial charge in [-0.2, -0.15) is 0 Å². The number of aromatic carboxylic acids is 1. The fraction of sp³-hybridized carbons (Fsp3) is 0.143. The third-order valence-corrected chi connectivity index (χ3v) is 1.35. The van der Waals surface area contributed by atoms with Crippen LogP contribution in [0.2, 0.25) is 0 Å². The van der Waals surface area contributed by atoms with Crippen molar-refractivity contribution in [2.75, 3.05) is 12.8 Å². The zero-order valence-electron chi connectivity index (χ0n) is 6.44. The number of hydrogen-bond donors (Lipinski definition) is 2. The van der Waals surface area contributed by atoms with Crippen molar-refractivity contribution in [3.05, 3.63) is 17.8 Å². The monoisotopic (exact) mass is 168 g/mol. The molecule has 0 aliphatic rings. The number of carboxylic acids is 1. The van der Waals surface area contributed by atoms with E-state index in [-0.39, 0.29) is 17.1 Å². The number of rotatable bonds is 2. The summed E-state index contributed by atoms with van der Waals surface area (Å²) in [6.45, 7) is 0. The molecule has 0 aliphatic carbocycles. The summed E-state index contributed by atoms with van der Waals surface area (Å²) in [5.41, 5.74) is 5.43. The van der Waals surface area contributed by atoms with E-state index in [0.717, 1.165) is 0 Å². The van der Waals surface area contributed by atoms with Crippen molar-refractivity contribution in [3.63, 3.8) is 0 Å². The van der Waals surface area contributed by atoms with Crippen LogP contribution in [0.25, 0.3) is 0 Å². The van der Waals surface area contributed by atoms with Gasteiger partial charge in [-0.3, -0.25) is 0 Å². The number of methoxy groups -OCH3 is 1. The van der Waals surface area contributed by atoms with Gasteiger partial charge in [0.2, 0.25) is 0 Å². The van der Waals surface area contributed by atoms with Crippen LogP contribution >= 0.6 is 0 Å². The molecule has 5 nitrogen and oxygen atoms in total. The van der Waals surface area contributed by atoms with E-state index in [0.29, 0.717) is 0 Å². The predicted molar refractivity (Wildman–Crippen MR) is 42.2 cm³/mol. The molecular weight excluding hydrogens is 160 g/mol. The van der Waals surface area contributed by atoms with Crippen LogP contribution in [0, 0.1) is 0 Å². The molecule has 0 fully saturated rings. The van der Waals surface area contributed by atoms with Crippen LogP contribution < -0.4 is 10.5 Å². The van der Waals surface area contributed by atoms with Gasteiger partial charge in [-0.1, -0.05) is 0 Å². The van der Waals surface area contributed by atoms with Gasteiger partial charge in [0, 0.05) is 12.3 Å². The Labute approximate surface area is 68.8 Å². The number of nitrogen functional groups attached to an aromatic ring is 1. The minimum atomic E-state index is -1.05. The fourth-order valence-electron chi connectivity index (χ4n) is 0.736. The second kappa shape index (κ2) is 3.08. The van der Waals surface area contributed by atoms with Gasteiger partial charge in [0.1, 0.15) is 0 Å². The minimum Gasteiger partial charge on any atom is -0.493 e. The molecule has 0 saturated carbocycles. The quantitative estimate of drug-likeness (QED) is 0.666. The van der Waals surface area contributed by atoms with Crippen LogP contribution in [0.4, 0.5) is 5.82 Å². The zero-order chi connectivity index (χ0) is 9.14. The van der Waals surface area contributed by atoms with Gasteiger partial charge in [-0.15, -0.1) is 0 Å². The summed E-state index contributed by atoms with van der Waals surface area (Å²) >= 11 is 0. The number of carbonyl (C=O) groups is 1. The van der Waals surface area contributed by atoms with Crippen LogP contribution in [0.3, 0.4) is 0 Å². The Kier molecular flexibility index (Phi) is 2.14. The maximum absolute atomic E-state index is 10.4. The molecule has 1 aromatic rings. The Hall–Kier alpha value is -1.78. The van der Waals surface area contributed by atoms with Crippen LogP contribution in [0.1, 0.15) is 10.4 Å². The van der Waals surface area contributed by atoms with Crippen molar-refractivity contribution in [2.24, 2.45) is 0 Å². The highest BCUT2D eigenvalue weighted by atomic mass is 16.5. The maximum Gasteiger partial charge on any atom is 0.337 e. The standard InChI is InChI=1S/C7H8N2O3/c1-12-5-2-4(7(10)11)3-9-6(5)8/h2-3H,1H3,(H2,8,9)(H,10,11). The number of pyridine rings is 1. The lowest BCUT2D eigenvalue weighted by molar-refractivity contribution is 0.0696. The summed E-state index contributed by atoms with van der Waals surface area (Å²) in [7, 11) is 1.40. The van der Waals surface area contributed by atoms with Crippen molar-refractivity contribution < 1.29 is 14.6 Å². The first-order chi connectivity index (χ1) is 5.65. The number of carboxylic acid groups (broad SMARTS) is 1. The van der Waals surface area contributed by atoms with Gasteiger partial charge in [0.05, 0.1) is 12.7 Å². The topological polar surface area (TPSA) is 85.4 Å². The van der Waals surface area contributed by atoms with E-state index in [9.17, 15) is 4.79 Å². The molecule has 0 amide bonds. The first-order valence-corrected chi connectivity index (χ1v) is 3.18. The molecule has 0 bridgehead atoms. The van der Waals surface area contributed by atoms with Gasteiger partial charge in [0.15, 0.2) is 11.6 Å². The van der Waals surface area contributed by atoms with Crippen LogP contribution in [-0.2, 0) is 0 Å². The van der Waals surface area contributed by atoms with E-state index < -0.39 is 5.97 Å². The molecule has 0 saturated heterocycles. The normalized spacial score (nSPS) is 9.42. The number of anilines is 1. The molecule has 0 aromatic carbocycles. The summed E-state index contributed by atoms with van der Waals surface area (Å²) in [5, 5.41) is 8.56. The van der Waals surface area contributed by atoms with Gasteiger partial charge in [0.25, 0.3) is 0 Å². The SMILES string of the molecule is COc1cc(C(=O)O)cnc1N. The summed E-state index contributed by atoms with van der Waals surface area (Å²) in [6.07, 6.45) is 1.18. The zero-order valence-corrected chi connectivity index (χ0v) is 6.44. The van der Waals surface area contributed by atoms with E-state index in [1.54, 1.807) is 0 Å². The number of nitrogens with two attached hydrogens (primary N) is 1. The molecule has 12 heavy (non-hydrogen) atoms. The van der Waals surface area contributed by atoms with E-state index in [2.05, 4.69) is 4.98 Å². The Balaban J connectivity index is 3.13. The molecule has 0 aliphatic heterocycles. The highest BCUT2D eigenvalue weighted by Gasteiger charge is 2.07. The third kappa shape index (κ3) is 1.45. The van der Waals surface area contributed by atoms with Crippen LogP contribution in [-0.4, -0.2) is 23.2 Å². The van der Waals surface area contributed by atoms with Gasteiger partial charge in [-0.05, 0) is 0 Å². The first-order valence-electron chi connectivity index (χ1n) is 3.18. The largest absolute Gasteiger partial charge is 0.493 e. The minimum absolute atomic E-state index is 0.0565. The van der Waals surface area contributed by atoms with E-state index >= 15 is 0 Å². The van der Waals surface area contributed by atoms with Crippen molar-refractivity contribution in [1.29, 1.82) is 0 Å². The molecule has 0 radical (unpaired) electrons. The molecular formula is C7H8N2O3. The average Bonchev–Trinajstić information content (AvgIpc) is 2.05. The lowest BCUT2D eigenvalue weighted by atomic mass is 10.3.